The molecule has 3 amide bonds. The number of β-lactam (4-membered cyclic amide) rings is 1. The van der Waals surface area contributed by atoms with Crippen LogP contribution in [0.5, 0.6) is 0 Å². The second-order valence-electron chi connectivity index (χ2n) is 12.7. The summed E-state index contributed by atoms with van der Waals surface area (Å²) in [6.45, 7) is 5.55. The van der Waals surface area contributed by atoms with Crippen LogP contribution in [0.2, 0.25) is 0 Å². The Hall–Kier alpha value is -5.02. The summed E-state index contributed by atoms with van der Waals surface area (Å²) in [5, 5.41) is 14.7. The zero-order valence-corrected chi connectivity index (χ0v) is 29.5. The minimum absolute atomic E-state index is 0.0855. The first kappa shape index (κ1) is 34.8. The highest BCUT2D eigenvalue weighted by Gasteiger charge is 2.55. The highest BCUT2D eigenvalue weighted by molar-refractivity contribution is 8.05. The number of fused-ring (bicyclic) bond motifs is 1. The first-order chi connectivity index (χ1) is 24.0. The van der Waals surface area contributed by atoms with Gasteiger partial charge < -0.3 is 20.1 Å². The van der Waals surface area contributed by atoms with Crippen LogP contribution in [0.3, 0.4) is 0 Å². The quantitative estimate of drug-likeness (QED) is 0.161. The van der Waals surface area contributed by atoms with Crippen LogP contribution in [-0.4, -0.2) is 74.7 Å². The molecule has 3 heterocycles. The van der Waals surface area contributed by atoms with Gasteiger partial charge in [-0.2, -0.15) is 4.41 Å². The van der Waals surface area contributed by atoms with Crippen LogP contribution in [0.1, 0.15) is 49.6 Å². The fourth-order valence-corrected chi connectivity index (χ4v) is 7.95. The van der Waals surface area contributed by atoms with Gasteiger partial charge in [0.2, 0.25) is 5.91 Å². The van der Waals surface area contributed by atoms with E-state index < -0.39 is 53.0 Å². The highest BCUT2D eigenvalue weighted by atomic mass is 32.2. The average molecular weight is 716 g/mol. The average Bonchev–Trinajstić information content (AvgIpc) is 3.52. The molecule has 2 N–H and O–H groups in total. The number of hydrogen-bond acceptors (Lipinski definition) is 12. The van der Waals surface area contributed by atoms with Crippen molar-refractivity contribution in [3.8, 4) is 0 Å². The van der Waals surface area contributed by atoms with Crippen molar-refractivity contribution in [1.29, 1.82) is 0 Å². The molecule has 3 aromatic carbocycles. The van der Waals surface area contributed by atoms with Gasteiger partial charge in [0.1, 0.15) is 35.4 Å². The van der Waals surface area contributed by atoms with Crippen LogP contribution in [0.25, 0.3) is 0 Å². The molecule has 3 atom stereocenters. The van der Waals surface area contributed by atoms with Gasteiger partial charge in [-0.15, -0.1) is 11.8 Å². The molecule has 0 aliphatic carbocycles. The maximum absolute atomic E-state index is 14.3. The molecule has 1 unspecified atom stereocenters. The number of hydrogen-bond donors (Lipinski definition) is 2. The van der Waals surface area contributed by atoms with E-state index in [1.54, 1.807) is 67.6 Å². The summed E-state index contributed by atoms with van der Waals surface area (Å²) >= 11 is 2.60. The largest absolute Gasteiger partial charge is 0.448 e. The molecule has 13 nitrogen and oxygen atoms in total. The summed E-state index contributed by atoms with van der Waals surface area (Å²) in [6.07, 6.45) is -1.52. The van der Waals surface area contributed by atoms with E-state index in [-0.39, 0.29) is 5.70 Å². The Morgan fingerprint density at radius 2 is 1.48 bits per heavy atom. The van der Waals surface area contributed by atoms with Crippen molar-refractivity contribution < 1.29 is 28.7 Å². The van der Waals surface area contributed by atoms with Gasteiger partial charge in [-0.1, -0.05) is 96.2 Å². The molecular weight excluding hydrogens is 679 g/mol. The van der Waals surface area contributed by atoms with Crippen LogP contribution in [-0.2, 0) is 23.9 Å². The van der Waals surface area contributed by atoms with Crippen LogP contribution in [0.15, 0.2) is 112 Å². The Morgan fingerprint density at radius 3 is 2.02 bits per heavy atom. The predicted octanol–water partition coefficient (Wildman–Crippen LogP) is 5.33. The molecule has 15 heteroatoms. The number of ether oxygens (including phenoxy) is 2. The van der Waals surface area contributed by atoms with Crippen molar-refractivity contribution in [2.45, 2.75) is 49.9 Å². The molecule has 3 aliphatic rings. The molecule has 0 saturated carbocycles. The number of carbonyl (C=O) groups is 4. The molecule has 50 heavy (non-hydrogen) atoms. The molecule has 3 aliphatic heterocycles. The second kappa shape index (κ2) is 14.8. The Morgan fingerprint density at radius 1 is 0.900 bits per heavy atom. The topological polar surface area (TPSA) is 145 Å². The minimum Gasteiger partial charge on any atom is -0.448 e. The lowest BCUT2D eigenvalue weighted by Gasteiger charge is -2.49. The molecule has 0 bridgehead atoms. The first-order valence-corrected chi connectivity index (χ1v) is 17.7. The SMILES string of the molecule is CN1CN(SC2=C(C(=O)OC(c3ccccc3)c3ccccc3)N3C(=O)[C@@H](NC(=O)C(NC(=O)OC(C)(C)C)c4ccccc4)[C@@H]3SC2)N=N1. The van der Waals surface area contributed by atoms with E-state index >= 15 is 0 Å². The van der Waals surface area contributed by atoms with E-state index in [1.807, 2.05) is 60.7 Å². The lowest BCUT2D eigenvalue weighted by Crippen LogP contribution is -2.71. The third-order valence-corrected chi connectivity index (χ3v) is 10.2. The van der Waals surface area contributed by atoms with E-state index in [0.29, 0.717) is 22.9 Å². The first-order valence-electron chi connectivity index (χ1n) is 15.9. The normalized spacial score (nSPS) is 19.1. The number of benzene rings is 3. The molecule has 0 spiro atoms. The molecule has 0 radical (unpaired) electrons. The van der Waals surface area contributed by atoms with Crippen LogP contribution in [0, 0.1) is 0 Å². The van der Waals surface area contributed by atoms with Gasteiger partial charge in [0.15, 0.2) is 6.10 Å². The maximum atomic E-state index is 14.3. The molecule has 260 valence electrons. The number of esters is 1. The Balaban J connectivity index is 1.26. The van der Waals surface area contributed by atoms with E-state index in [4.69, 9.17) is 9.47 Å². The van der Waals surface area contributed by atoms with Gasteiger partial charge in [-0.25, -0.2) is 9.59 Å². The van der Waals surface area contributed by atoms with E-state index in [9.17, 15) is 19.2 Å². The van der Waals surface area contributed by atoms with Gasteiger partial charge in [-0.3, -0.25) is 19.5 Å². The highest BCUT2D eigenvalue weighted by Crippen LogP contribution is 2.45. The van der Waals surface area contributed by atoms with Gasteiger partial charge >= 0.3 is 12.1 Å². The Kier molecular flexibility index (Phi) is 10.3. The van der Waals surface area contributed by atoms with Crippen molar-refractivity contribution in [3.63, 3.8) is 0 Å². The van der Waals surface area contributed by atoms with Gasteiger partial charge in [0, 0.05) is 29.7 Å². The fraction of sp³-hybridized carbons (Fsp3) is 0.314. The van der Waals surface area contributed by atoms with Crippen LogP contribution >= 0.6 is 23.7 Å². The van der Waals surface area contributed by atoms with Crippen LogP contribution in [0.4, 0.5) is 4.79 Å². The monoisotopic (exact) mass is 715 g/mol. The molecule has 3 aromatic rings. The molecule has 6 rings (SSSR count). The summed E-state index contributed by atoms with van der Waals surface area (Å²) in [4.78, 5) is 56.7. The number of alkyl carbamates (subject to hydrolysis) is 1. The molecule has 0 aromatic heterocycles. The second-order valence-corrected chi connectivity index (χ2v) is 14.9. The van der Waals surface area contributed by atoms with Gasteiger partial charge in [-0.05, 0) is 42.7 Å². The van der Waals surface area contributed by atoms with Crippen molar-refractivity contribution in [1.82, 2.24) is 25.0 Å². The van der Waals surface area contributed by atoms with E-state index in [2.05, 4.69) is 21.1 Å². The summed E-state index contributed by atoms with van der Waals surface area (Å²) in [7, 11) is 1.77. The zero-order chi connectivity index (χ0) is 35.4. The fourth-order valence-electron chi connectivity index (χ4n) is 5.52. The van der Waals surface area contributed by atoms with E-state index in [0.717, 1.165) is 11.1 Å². The Bertz CT molecular complexity index is 1750. The van der Waals surface area contributed by atoms with E-state index in [1.165, 1.54) is 28.6 Å². The number of thioether (sulfide) groups is 1. The predicted molar refractivity (Wildman–Crippen MR) is 188 cm³/mol. The number of amides is 3. The summed E-state index contributed by atoms with van der Waals surface area (Å²) in [5.74, 6) is -1.43. The third kappa shape index (κ3) is 7.89. The van der Waals surface area contributed by atoms with Crippen molar-refractivity contribution in [3.05, 3.63) is 118 Å². The Labute approximate surface area is 298 Å². The van der Waals surface area contributed by atoms with Crippen molar-refractivity contribution in [2.75, 3.05) is 19.5 Å². The molecule has 1 fully saturated rings. The molecular formula is C35H37N7O6S2. The van der Waals surface area contributed by atoms with Gasteiger partial charge in [0.05, 0.1) is 0 Å². The standard InChI is InChI=1S/C35H37N7O6S2/c1-35(2,3)48-34(46)37-26(22-14-8-5-9-15-22)30(43)36-27-31(44)42-28(25(20-49-32(27)42)50-41-21-40(4)38-39-41)33(45)47-29(23-16-10-6-11-17-23)24-18-12-7-13-19-24/h5-19,26-27,29,32H,20-21H2,1-4H3,(H,36,43)(H,37,46)/t26?,27-,32+/m1/s1. The van der Waals surface area contributed by atoms with Crippen LogP contribution < -0.4 is 10.6 Å². The minimum atomic E-state index is -1.14. The van der Waals surface area contributed by atoms with Gasteiger partial charge in [0.25, 0.3) is 5.91 Å². The van der Waals surface area contributed by atoms with Crippen molar-refractivity contribution in [2.24, 2.45) is 10.4 Å². The zero-order valence-electron chi connectivity index (χ0n) is 27.9. The summed E-state index contributed by atoms with van der Waals surface area (Å²) < 4.78 is 13.3. The number of rotatable bonds is 10. The number of carbonyl (C=O) groups excluding carboxylic acids is 4. The maximum Gasteiger partial charge on any atom is 0.408 e. The smallest absolute Gasteiger partial charge is 0.408 e. The summed E-state index contributed by atoms with van der Waals surface area (Å²) in [5.41, 5.74) is 1.34. The third-order valence-electron chi connectivity index (χ3n) is 7.74. The number of nitrogens with zero attached hydrogens (tertiary/aromatic N) is 5. The van der Waals surface area contributed by atoms with Crippen molar-refractivity contribution >= 4 is 47.6 Å². The molecule has 1 saturated heterocycles. The summed E-state index contributed by atoms with van der Waals surface area (Å²) in [6, 6.07) is 25.4. The lowest BCUT2D eigenvalue weighted by atomic mass is 10.0. The number of nitrogens with one attached hydrogen (secondary N) is 2. The lowest BCUT2D eigenvalue weighted by molar-refractivity contribution is -0.154.